The highest BCUT2D eigenvalue weighted by Gasteiger charge is 2.29. The lowest BCUT2D eigenvalue weighted by Crippen LogP contribution is -2.52. The zero-order chi connectivity index (χ0) is 16.9. The minimum Gasteiger partial charge on any atom is -0.326 e. The van der Waals surface area contributed by atoms with Crippen LogP contribution in [0.2, 0.25) is 0 Å². The first-order chi connectivity index (χ1) is 11.6. The molecule has 0 spiro atoms. The van der Waals surface area contributed by atoms with Gasteiger partial charge in [-0.25, -0.2) is 0 Å². The highest BCUT2D eigenvalue weighted by Crippen LogP contribution is 2.29. The van der Waals surface area contributed by atoms with Gasteiger partial charge in [0.05, 0.1) is 6.04 Å². The van der Waals surface area contributed by atoms with Gasteiger partial charge in [0, 0.05) is 24.2 Å². The molecule has 4 heteroatoms. The Morgan fingerprint density at radius 2 is 1.38 bits per heavy atom. The van der Waals surface area contributed by atoms with Gasteiger partial charge in [0.15, 0.2) is 0 Å². The zero-order valence-corrected chi connectivity index (χ0v) is 14.0. The van der Waals surface area contributed by atoms with Gasteiger partial charge in [0.1, 0.15) is 0 Å². The molecule has 4 nitrogen and oxygen atoms in total. The van der Waals surface area contributed by atoms with Crippen molar-refractivity contribution in [3.63, 3.8) is 0 Å². The second kappa shape index (κ2) is 7.90. The minimum absolute atomic E-state index is 0.0557. The maximum Gasteiger partial charge on any atom is 0.0518 e. The molecule has 24 heavy (non-hydrogen) atoms. The van der Waals surface area contributed by atoms with Gasteiger partial charge in [0.2, 0.25) is 0 Å². The topological polar surface area (TPSA) is 90.1 Å². The molecule has 1 aliphatic carbocycles. The molecule has 1 aliphatic rings. The fourth-order valence-corrected chi connectivity index (χ4v) is 3.57. The summed E-state index contributed by atoms with van der Waals surface area (Å²) in [6.45, 7) is 0. The van der Waals surface area contributed by atoms with Crippen LogP contribution in [-0.4, -0.2) is 18.1 Å². The van der Waals surface area contributed by atoms with Crippen LogP contribution in [-0.2, 0) is 0 Å². The van der Waals surface area contributed by atoms with Crippen LogP contribution in [0, 0.1) is 0 Å². The summed E-state index contributed by atoms with van der Waals surface area (Å²) in [5.74, 6) is 0. The predicted octanol–water partition coefficient (Wildman–Crippen LogP) is 2.22. The second-order valence-electron chi connectivity index (χ2n) is 6.83. The molecule has 1 unspecified atom stereocenters. The number of hydrogen-bond acceptors (Lipinski definition) is 4. The molecule has 0 saturated heterocycles. The molecule has 2 aromatic carbocycles. The fraction of sp³-hybridized carbons (Fsp3) is 0.400. The van der Waals surface area contributed by atoms with Crippen LogP contribution >= 0.6 is 0 Å². The van der Waals surface area contributed by atoms with E-state index in [1.165, 1.54) is 5.56 Å². The molecule has 0 heterocycles. The minimum atomic E-state index is -0.111. The van der Waals surface area contributed by atoms with E-state index in [0.29, 0.717) is 6.04 Å². The lowest BCUT2D eigenvalue weighted by molar-refractivity contribution is 0.273. The summed E-state index contributed by atoms with van der Waals surface area (Å²) >= 11 is 0. The zero-order valence-electron chi connectivity index (χ0n) is 14.0. The van der Waals surface area contributed by atoms with Crippen molar-refractivity contribution in [2.75, 3.05) is 0 Å². The quantitative estimate of drug-likeness (QED) is 0.679. The van der Waals surface area contributed by atoms with E-state index in [2.05, 4.69) is 41.7 Å². The summed E-state index contributed by atoms with van der Waals surface area (Å²) in [6, 6.07) is 21.1. The van der Waals surface area contributed by atoms with Crippen LogP contribution in [0.4, 0.5) is 0 Å². The monoisotopic (exact) mass is 324 g/mol. The maximum atomic E-state index is 6.63. The molecule has 0 aliphatic heterocycles. The Hall–Kier alpha value is -1.72. The molecular weight excluding hydrogens is 296 g/mol. The van der Waals surface area contributed by atoms with Crippen molar-refractivity contribution in [3.8, 4) is 0 Å². The van der Waals surface area contributed by atoms with E-state index in [1.807, 2.05) is 24.3 Å². The summed E-state index contributed by atoms with van der Waals surface area (Å²) < 4.78 is 0. The lowest BCUT2D eigenvalue weighted by atomic mass is 9.86. The van der Waals surface area contributed by atoms with E-state index in [9.17, 15) is 0 Å². The lowest BCUT2D eigenvalue weighted by Gasteiger charge is -2.36. The number of nitrogens with one attached hydrogen (secondary N) is 1. The van der Waals surface area contributed by atoms with Gasteiger partial charge in [-0.15, -0.1) is 0 Å². The van der Waals surface area contributed by atoms with E-state index in [4.69, 9.17) is 17.2 Å². The highest BCUT2D eigenvalue weighted by atomic mass is 15.0. The third-order valence-corrected chi connectivity index (χ3v) is 5.07. The van der Waals surface area contributed by atoms with E-state index in [1.54, 1.807) is 0 Å². The largest absolute Gasteiger partial charge is 0.326 e. The van der Waals surface area contributed by atoms with Crippen molar-refractivity contribution in [1.29, 1.82) is 0 Å². The average molecular weight is 324 g/mol. The van der Waals surface area contributed by atoms with E-state index >= 15 is 0 Å². The SMILES string of the molecule is N[C@@H]1CCC(N[C@H](c2ccccc2)[C@H](N)c2ccccc2)C[C@H]1N. The molecule has 0 radical (unpaired) electrons. The molecule has 1 fully saturated rings. The standard InChI is InChI=1S/C20H28N4/c21-17-12-11-16(13-18(17)22)24-20(15-9-5-2-6-10-15)19(23)14-7-3-1-4-8-14/h1-10,16-20,24H,11-13,21-23H2/t16?,17-,18-,19-,20-/m1/s1. The molecule has 1 saturated carbocycles. The van der Waals surface area contributed by atoms with Crippen LogP contribution in [0.3, 0.4) is 0 Å². The van der Waals surface area contributed by atoms with Crippen LogP contribution < -0.4 is 22.5 Å². The van der Waals surface area contributed by atoms with Crippen LogP contribution in [0.5, 0.6) is 0 Å². The van der Waals surface area contributed by atoms with Crippen molar-refractivity contribution in [3.05, 3.63) is 71.8 Å². The van der Waals surface area contributed by atoms with Crippen LogP contribution in [0.25, 0.3) is 0 Å². The molecule has 0 amide bonds. The van der Waals surface area contributed by atoms with Crippen molar-refractivity contribution >= 4 is 0 Å². The number of nitrogens with two attached hydrogens (primary N) is 3. The van der Waals surface area contributed by atoms with Gasteiger partial charge in [-0.2, -0.15) is 0 Å². The summed E-state index contributed by atoms with van der Waals surface area (Å²) in [6.07, 6.45) is 2.90. The summed E-state index contributed by atoms with van der Waals surface area (Å²) in [4.78, 5) is 0. The van der Waals surface area contributed by atoms with Gasteiger partial charge in [0.25, 0.3) is 0 Å². The Kier molecular flexibility index (Phi) is 5.63. The average Bonchev–Trinajstić information content (AvgIpc) is 2.63. The second-order valence-corrected chi connectivity index (χ2v) is 6.83. The number of benzene rings is 2. The molecule has 5 atom stereocenters. The number of rotatable bonds is 5. The third kappa shape index (κ3) is 4.02. The number of hydrogen-bond donors (Lipinski definition) is 4. The summed E-state index contributed by atoms with van der Waals surface area (Å²) in [7, 11) is 0. The smallest absolute Gasteiger partial charge is 0.0518 e. The first-order valence-electron chi connectivity index (χ1n) is 8.78. The first-order valence-corrected chi connectivity index (χ1v) is 8.78. The van der Waals surface area contributed by atoms with Gasteiger partial charge in [-0.3, -0.25) is 0 Å². The molecule has 2 aromatic rings. The van der Waals surface area contributed by atoms with Crippen molar-refractivity contribution in [2.24, 2.45) is 17.2 Å². The Morgan fingerprint density at radius 3 is 1.96 bits per heavy atom. The Labute approximate surface area is 144 Å². The van der Waals surface area contributed by atoms with E-state index in [-0.39, 0.29) is 24.2 Å². The summed E-state index contributed by atoms with van der Waals surface area (Å²) in [5.41, 5.74) is 21.2. The molecular formula is C20H28N4. The molecule has 3 rings (SSSR count). The van der Waals surface area contributed by atoms with Gasteiger partial charge < -0.3 is 22.5 Å². The predicted molar refractivity (Wildman–Crippen MR) is 99.3 cm³/mol. The van der Waals surface area contributed by atoms with E-state index < -0.39 is 0 Å². The molecule has 7 N–H and O–H groups in total. The Morgan fingerprint density at radius 1 is 0.792 bits per heavy atom. The molecule has 0 aromatic heterocycles. The maximum absolute atomic E-state index is 6.63. The Balaban J connectivity index is 1.80. The Bertz CT molecular complexity index is 616. The van der Waals surface area contributed by atoms with Crippen LogP contribution in [0.1, 0.15) is 42.5 Å². The molecule has 0 bridgehead atoms. The summed E-state index contributed by atoms with van der Waals surface area (Å²) in [5, 5.41) is 3.76. The van der Waals surface area contributed by atoms with Gasteiger partial charge in [-0.1, -0.05) is 60.7 Å². The van der Waals surface area contributed by atoms with Crippen molar-refractivity contribution < 1.29 is 0 Å². The van der Waals surface area contributed by atoms with Gasteiger partial charge >= 0.3 is 0 Å². The normalized spacial score (nSPS) is 26.7. The van der Waals surface area contributed by atoms with Crippen molar-refractivity contribution in [2.45, 2.75) is 49.5 Å². The van der Waals surface area contributed by atoms with Crippen LogP contribution in [0.15, 0.2) is 60.7 Å². The third-order valence-electron chi connectivity index (χ3n) is 5.07. The molecule has 128 valence electrons. The van der Waals surface area contributed by atoms with E-state index in [0.717, 1.165) is 24.8 Å². The van der Waals surface area contributed by atoms with Gasteiger partial charge in [-0.05, 0) is 30.4 Å². The fourth-order valence-electron chi connectivity index (χ4n) is 3.57. The first kappa shape index (κ1) is 17.1. The highest BCUT2D eigenvalue weighted by molar-refractivity contribution is 5.27. The van der Waals surface area contributed by atoms with Crippen molar-refractivity contribution in [1.82, 2.24) is 5.32 Å².